The predicted octanol–water partition coefficient (Wildman–Crippen LogP) is 2.62. The number of nitrogens with one attached hydrogen (secondary N) is 2. The van der Waals surface area contributed by atoms with E-state index in [0.717, 1.165) is 18.6 Å². The van der Waals surface area contributed by atoms with Crippen molar-refractivity contribution in [1.82, 2.24) is 10.6 Å². The lowest BCUT2D eigenvalue weighted by Crippen LogP contribution is -2.42. The quantitative estimate of drug-likeness (QED) is 0.801. The van der Waals surface area contributed by atoms with Crippen LogP contribution >= 0.6 is 0 Å². The van der Waals surface area contributed by atoms with E-state index in [1.807, 2.05) is 31.2 Å². The molecule has 2 rings (SSSR count). The molecule has 1 aromatic rings. The van der Waals surface area contributed by atoms with E-state index in [1.165, 1.54) is 18.4 Å². The second-order valence-corrected chi connectivity index (χ2v) is 5.04. The smallest absolute Gasteiger partial charge is 0.315 e. The van der Waals surface area contributed by atoms with Crippen molar-refractivity contribution < 1.29 is 9.53 Å². The van der Waals surface area contributed by atoms with Crippen molar-refractivity contribution in [3.05, 3.63) is 29.8 Å². The van der Waals surface area contributed by atoms with Gasteiger partial charge in [0.15, 0.2) is 0 Å². The van der Waals surface area contributed by atoms with Crippen LogP contribution in [0.1, 0.15) is 31.2 Å². The Hall–Kier alpha value is -1.71. The Morgan fingerprint density at radius 1 is 1.26 bits per heavy atom. The van der Waals surface area contributed by atoms with Crippen molar-refractivity contribution in [3.8, 4) is 5.75 Å². The highest BCUT2D eigenvalue weighted by molar-refractivity contribution is 5.74. The molecule has 0 saturated heterocycles. The van der Waals surface area contributed by atoms with Gasteiger partial charge in [-0.3, -0.25) is 0 Å². The number of hydrogen-bond donors (Lipinski definition) is 2. The number of amides is 2. The summed E-state index contributed by atoms with van der Waals surface area (Å²) < 4.78 is 5.54. The molecule has 0 aliphatic heterocycles. The number of carbonyl (C=O) groups excluding carboxylic acids is 1. The van der Waals surface area contributed by atoms with E-state index in [0.29, 0.717) is 19.2 Å². The van der Waals surface area contributed by atoms with Gasteiger partial charge in [-0.1, -0.05) is 30.5 Å². The lowest BCUT2D eigenvalue weighted by atomic mass is 10.2. The summed E-state index contributed by atoms with van der Waals surface area (Å²) in [7, 11) is 0. The molecule has 1 aliphatic rings. The zero-order valence-corrected chi connectivity index (χ0v) is 11.4. The third-order valence-corrected chi connectivity index (χ3v) is 3.37. The molecule has 4 nitrogen and oxygen atoms in total. The van der Waals surface area contributed by atoms with Crippen LogP contribution in [0.25, 0.3) is 0 Å². The van der Waals surface area contributed by atoms with Gasteiger partial charge in [-0.25, -0.2) is 4.79 Å². The normalized spacial score (nSPS) is 15.2. The van der Waals surface area contributed by atoms with Crippen LogP contribution in [-0.4, -0.2) is 25.2 Å². The number of hydrogen-bond acceptors (Lipinski definition) is 2. The first kappa shape index (κ1) is 13.7. The van der Waals surface area contributed by atoms with E-state index in [1.54, 1.807) is 0 Å². The Morgan fingerprint density at radius 3 is 2.63 bits per heavy atom. The molecular weight excluding hydrogens is 240 g/mol. The Balaban J connectivity index is 1.58. The molecule has 2 amide bonds. The average molecular weight is 262 g/mol. The fourth-order valence-electron chi connectivity index (χ4n) is 2.27. The molecule has 1 fully saturated rings. The molecule has 0 aromatic heterocycles. The largest absolute Gasteiger partial charge is 0.492 e. The second-order valence-electron chi connectivity index (χ2n) is 5.04. The molecule has 0 heterocycles. The van der Waals surface area contributed by atoms with Crippen LogP contribution in [0, 0.1) is 6.92 Å². The molecule has 2 N–H and O–H groups in total. The van der Waals surface area contributed by atoms with Crippen LogP contribution < -0.4 is 15.4 Å². The fourth-order valence-corrected chi connectivity index (χ4v) is 2.27. The first-order chi connectivity index (χ1) is 9.24. The first-order valence-electron chi connectivity index (χ1n) is 6.98. The van der Waals surface area contributed by atoms with Gasteiger partial charge in [-0.15, -0.1) is 0 Å². The molecule has 0 spiro atoms. The van der Waals surface area contributed by atoms with Crippen LogP contribution in [0.5, 0.6) is 5.75 Å². The number of benzene rings is 1. The van der Waals surface area contributed by atoms with E-state index in [-0.39, 0.29) is 6.03 Å². The third kappa shape index (κ3) is 4.81. The molecule has 19 heavy (non-hydrogen) atoms. The van der Waals surface area contributed by atoms with Crippen LogP contribution in [0.2, 0.25) is 0 Å². The van der Waals surface area contributed by atoms with Gasteiger partial charge < -0.3 is 15.4 Å². The molecule has 4 heteroatoms. The summed E-state index contributed by atoms with van der Waals surface area (Å²) in [6, 6.07) is 8.17. The summed E-state index contributed by atoms with van der Waals surface area (Å²) >= 11 is 0. The zero-order chi connectivity index (χ0) is 13.5. The van der Waals surface area contributed by atoms with Crippen molar-refractivity contribution in [3.63, 3.8) is 0 Å². The Morgan fingerprint density at radius 2 is 1.95 bits per heavy atom. The SMILES string of the molecule is Cc1ccc(OCCNC(=O)NC2CCCC2)cc1. The molecule has 1 aliphatic carbocycles. The summed E-state index contributed by atoms with van der Waals surface area (Å²) in [6.45, 7) is 3.05. The first-order valence-corrected chi connectivity index (χ1v) is 6.98. The summed E-state index contributed by atoms with van der Waals surface area (Å²) in [4.78, 5) is 11.6. The lowest BCUT2D eigenvalue weighted by molar-refractivity contribution is 0.233. The van der Waals surface area contributed by atoms with Gasteiger partial charge in [0.1, 0.15) is 12.4 Å². The van der Waals surface area contributed by atoms with E-state index < -0.39 is 0 Å². The number of urea groups is 1. The van der Waals surface area contributed by atoms with Gasteiger partial charge in [-0.05, 0) is 31.9 Å². The number of rotatable bonds is 5. The maximum absolute atomic E-state index is 11.6. The van der Waals surface area contributed by atoms with Gasteiger partial charge in [0.05, 0.1) is 6.54 Å². The summed E-state index contributed by atoms with van der Waals surface area (Å²) in [5.74, 6) is 0.837. The van der Waals surface area contributed by atoms with Crippen LogP contribution in [0.4, 0.5) is 4.79 Å². The summed E-state index contributed by atoms with van der Waals surface area (Å²) in [6.07, 6.45) is 4.66. The third-order valence-electron chi connectivity index (χ3n) is 3.37. The molecule has 0 bridgehead atoms. The minimum atomic E-state index is -0.0839. The van der Waals surface area contributed by atoms with Crippen molar-refractivity contribution in [1.29, 1.82) is 0 Å². The van der Waals surface area contributed by atoms with Crippen molar-refractivity contribution in [2.45, 2.75) is 38.6 Å². The predicted molar refractivity (Wildman–Crippen MR) is 75.5 cm³/mol. The molecule has 0 unspecified atom stereocenters. The van der Waals surface area contributed by atoms with Crippen LogP contribution in [-0.2, 0) is 0 Å². The Bertz CT molecular complexity index is 397. The lowest BCUT2D eigenvalue weighted by Gasteiger charge is -2.13. The van der Waals surface area contributed by atoms with Gasteiger partial charge in [-0.2, -0.15) is 0 Å². The van der Waals surface area contributed by atoms with E-state index in [9.17, 15) is 4.79 Å². The standard InChI is InChI=1S/C15H22N2O2/c1-12-6-8-14(9-7-12)19-11-10-16-15(18)17-13-4-2-3-5-13/h6-9,13H,2-5,10-11H2,1H3,(H2,16,17,18). The summed E-state index contributed by atoms with van der Waals surface area (Å²) in [5.41, 5.74) is 1.21. The number of aryl methyl sites for hydroxylation is 1. The van der Waals surface area contributed by atoms with Gasteiger partial charge in [0, 0.05) is 6.04 Å². The summed E-state index contributed by atoms with van der Waals surface area (Å²) in [5, 5.41) is 5.80. The van der Waals surface area contributed by atoms with Crippen molar-refractivity contribution >= 4 is 6.03 Å². The molecule has 104 valence electrons. The van der Waals surface area contributed by atoms with Crippen LogP contribution in [0.15, 0.2) is 24.3 Å². The Kier molecular flexibility index (Phi) is 5.07. The van der Waals surface area contributed by atoms with Crippen molar-refractivity contribution in [2.75, 3.05) is 13.2 Å². The topological polar surface area (TPSA) is 50.4 Å². The molecule has 0 atom stereocenters. The minimum absolute atomic E-state index is 0.0839. The molecule has 0 radical (unpaired) electrons. The molecule has 1 aromatic carbocycles. The van der Waals surface area contributed by atoms with Crippen LogP contribution in [0.3, 0.4) is 0 Å². The second kappa shape index (κ2) is 7.02. The highest BCUT2D eigenvalue weighted by atomic mass is 16.5. The number of ether oxygens (including phenoxy) is 1. The van der Waals surface area contributed by atoms with E-state index in [4.69, 9.17) is 4.74 Å². The highest BCUT2D eigenvalue weighted by Crippen LogP contribution is 2.17. The average Bonchev–Trinajstić information content (AvgIpc) is 2.89. The maximum atomic E-state index is 11.6. The van der Waals surface area contributed by atoms with E-state index >= 15 is 0 Å². The molecule has 1 saturated carbocycles. The molecular formula is C15H22N2O2. The van der Waals surface area contributed by atoms with Gasteiger partial charge in [0.2, 0.25) is 0 Å². The zero-order valence-electron chi connectivity index (χ0n) is 11.4. The fraction of sp³-hybridized carbons (Fsp3) is 0.533. The van der Waals surface area contributed by atoms with Gasteiger partial charge >= 0.3 is 6.03 Å². The Labute approximate surface area is 114 Å². The minimum Gasteiger partial charge on any atom is -0.492 e. The highest BCUT2D eigenvalue weighted by Gasteiger charge is 2.16. The van der Waals surface area contributed by atoms with E-state index in [2.05, 4.69) is 10.6 Å². The monoisotopic (exact) mass is 262 g/mol. The van der Waals surface area contributed by atoms with Crippen molar-refractivity contribution in [2.24, 2.45) is 0 Å². The number of carbonyl (C=O) groups is 1. The maximum Gasteiger partial charge on any atom is 0.315 e. The van der Waals surface area contributed by atoms with Gasteiger partial charge in [0.25, 0.3) is 0 Å².